The van der Waals surface area contributed by atoms with Gasteiger partial charge in [0.05, 0.1) is 11.5 Å². The van der Waals surface area contributed by atoms with Crippen LogP contribution in [0.3, 0.4) is 0 Å². The van der Waals surface area contributed by atoms with Crippen LogP contribution in [0.2, 0.25) is 0 Å². The number of aromatic nitrogens is 1. The number of anilines is 1. The van der Waals surface area contributed by atoms with Crippen molar-refractivity contribution in [3.63, 3.8) is 0 Å². The average molecular weight is 436 g/mol. The van der Waals surface area contributed by atoms with Gasteiger partial charge in [0, 0.05) is 24.8 Å². The van der Waals surface area contributed by atoms with Gasteiger partial charge in [0.1, 0.15) is 5.82 Å². The van der Waals surface area contributed by atoms with Crippen molar-refractivity contribution in [3.8, 4) is 11.5 Å². The van der Waals surface area contributed by atoms with E-state index in [1.165, 1.54) is 23.2 Å². The molecule has 0 spiro atoms. The Morgan fingerprint density at radius 2 is 2.00 bits per heavy atom. The standard InChI is InChI=1S/C21H19F3N2O5/c22-21(23,24)15-4-1-7-25-19(15)26-8-2-3-14(10-26)20(28)29-11-16(27)13-5-6-17-18(9-13)31-12-30-17/h1,4-7,9,14H,2-3,8,10-12H2. The van der Waals surface area contributed by atoms with E-state index in [9.17, 15) is 22.8 Å². The highest BCUT2D eigenvalue weighted by atomic mass is 19.4. The minimum Gasteiger partial charge on any atom is -0.457 e. The summed E-state index contributed by atoms with van der Waals surface area (Å²) in [5, 5.41) is 0. The zero-order valence-electron chi connectivity index (χ0n) is 16.4. The van der Waals surface area contributed by atoms with Gasteiger partial charge >= 0.3 is 12.1 Å². The van der Waals surface area contributed by atoms with Gasteiger partial charge in [-0.2, -0.15) is 13.2 Å². The number of hydrogen-bond acceptors (Lipinski definition) is 7. The second kappa shape index (κ2) is 8.44. The number of halogens is 3. The van der Waals surface area contributed by atoms with Gasteiger partial charge in [0.25, 0.3) is 0 Å². The van der Waals surface area contributed by atoms with Gasteiger partial charge in [-0.3, -0.25) is 9.59 Å². The normalized spacial score (nSPS) is 18.0. The Kier molecular flexibility index (Phi) is 5.71. The molecular formula is C21H19F3N2O5. The summed E-state index contributed by atoms with van der Waals surface area (Å²) in [7, 11) is 0. The van der Waals surface area contributed by atoms with E-state index in [0.717, 1.165) is 6.07 Å². The van der Waals surface area contributed by atoms with Crippen molar-refractivity contribution in [2.45, 2.75) is 19.0 Å². The van der Waals surface area contributed by atoms with Gasteiger partial charge in [-0.05, 0) is 43.2 Å². The summed E-state index contributed by atoms with van der Waals surface area (Å²) in [5.74, 6) is -0.920. The minimum atomic E-state index is -4.55. The first-order chi connectivity index (χ1) is 14.8. The van der Waals surface area contributed by atoms with Crippen LogP contribution in [0.5, 0.6) is 11.5 Å². The lowest BCUT2D eigenvalue weighted by atomic mass is 9.97. The van der Waals surface area contributed by atoms with Crippen LogP contribution in [0.1, 0.15) is 28.8 Å². The van der Waals surface area contributed by atoms with Crippen LogP contribution in [0, 0.1) is 5.92 Å². The zero-order valence-corrected chi connectivity index (χ0v) is 16.4. The number of esters is 1. The molecule has 2 aromatic rings. The summed E-state index contributed by atoms with van der Waals surface area (Å²) in [6, 6.07) is 6.85. The fourth-order valence-corrected chi connectivity index (χ4v) is 3.64. The molecule has 3 heterocycles. The quantitative estimate of drug-likeness (QED) is 0.525. The first-order valence-corrected chi connectivity index (χ1v) is 9.69. The third kappa shape index (κ3) is 4.57. The molecule has 1 fully saturated rings. The van der Waals surface area contributed by atoms with Crippen LogP contribution in [0.25, 0.3) is 0 Å². The highest BCUT2D eigenvalue weighted by Crippen LogP contribution is 2.36. The number of fused-ring (bicyclic) bond motifs is 1. The number of benzene rings is 1. The predicted molar refractivity (Wildman–Crippen MR) is 102 cm³/mol. The number of pyridine rings is 1. The van der Waals surface area contributed by atoms with E-state index in [2.05, 4.69) is 4.98 Å². The Bertz CT molecular complexity index is 995. The number of piperidine rings is 1. The number of rotatable bonds is 5. The lowest BCUT2D eigenvalue weighted by Gasteiger charge is -2.33. The Balaban J connectivity index is 1.38. The van der Waals surface area contributed by atoms with Gasteiger partial charge in [-0.25, -0.2) is 4.98 Å². The van der Waals surface area contributed by atoms with Crippen molar-refractivity contribution >= 4 is 17.6 Å². The SMILES string of the molecule is O=C(COC(=O)C1CCCN(c2ncccc2C(F)(F)F)C1)c1ccc2c(c1)OCO2. The van der Waals surface area contributed by atoms with Crippen molar-refractivity contribution in [3.05, 3.63) is 47.7 Å². The second-order valence-corrected chi connectivity index (χ2v) is 7.26. The van der Waals surface area contributed by atoms with Gasteiger partial charge in [-0.15, -0.1) is 0 Å². The number of nitrogens with zero attached hydrogens (tertiary/aromatic N) is 2. The number of alkyl halides is 3. The van der Waals surface area contributed by atoms with Crippen LogP contribution >= 0.6 is 0 Å². The van der Waals surface area contributed by atoms with Gasteiger partial charge in [0.15, 0.2) is 23.9 Å². The Hall–Kier alpha value is -3.30. The summed E-state index contributed by atoms with van der Waals surface area (Å²) in [4.78, 5) is 30.2. The fourth-order valence-electron chi connectivity index (χ4n) is 3.64. The number of Topliss-reactive ketones (excluding diaryl/α,β-unsaturated/α-hetero) is 1. The van der Waals surface area contributed by atoms with Crippen LogP contribution in [-0.2, 0) is 15.7 Å². The third-order valence-corrected chi connectivity index (χ3v) is 5.19. The average Bonchev–Trinajstić information content (AvgIpc) is 3.24. The Labute approximate surface area is 175 Å². The first-order valence-electron chi connectivity index (χ1n) is 9.69. The van der Waals surface area contributed by atoms with Gasteiger partial charge in [-0.1, -0.05) is 0 Å². The zero-order chi connectivity index (χ0) is 22.0. The number of hydrogen-bond donors (Lipinski definition) is 0. The van der Waals surface area contributed by atoms with E-state index in [0.29, 0.717) is 36.4 Å². The van der Waals surface area contributed by atoms with Crippen LogP contribution in [0.15, 0.2) is 36.5 Å². The maximum absolute atomic E-state index is 13.3. The molecule has 0 N–H and O–H groups in total. The maximum Gasteiger partial charge on any atom is 0.419 e. The summed E-state index contributed by atoms with van der Waals surface area (Å²) >= 11 is 0. The maximum atomic E-state index is 13.3. The van der Waals surface area contributed by atoms with E-state index in [-0.39, 0.29) is 19.2 Å². The lowest BCUT2D eigenvalue weighted by Crippen LogP contribution is -2.41. The van der Waals surface area contributed by atoms with E-state index >= 15 is 0 Å². The topological polar surface area (TPSA) is 78.0 Å². The molecular weight excluding hydrogens is 417 g/mol. The second-order valence-electron chi connectivity index (χ2n) is 7.26. The molecule has 0 aliphatic carbocycles. The van der Waals surface area contributed by atoms with E-state index in [1.807, 2.05) is 0 Å². The monoisotopic (exact) mass is 436 g/mol. The number of ketones is 1. The molecule has 1 unspecified atom stereocenters. The number of ether oxygens (including phenoxy) is 3. The van der Waals surface area contributed by atoms with E-state index < -0.39 is 36.0 Å². The van der Waals surface area contributed by atoms with Gasteiger partial charge in [0.2, 0.25) is 6.79 Å². The molecule has 0 saturated carbocycles. The summed E-state index contributed by atoms with van der Waals surface area (Å²) in [6.45, 7) is -0.00399. The largest absolute Gasteiger partial charge is 0.457 e. The molecule has 0 radical (unpaired) electrons. The molecule has 1 aromatic heterocycles. The molecule has 0 amide bonds. The highest BCUT2D eigenvalue weighted by molar-refractivity contribution is 5.98. The van der Waals surface area contributed by atoms with E-state index in [1.54, 1.807) is 12.1 Å². The number of carbonyl (C=O) groups is 2. The van der Waals surface area contributed by atoms with Crippen LogP contribution in [0.4, 0.5) is 19.0 Å². The van der Waals surface area contributed by atoms with Gasteiger partial charge < -0.3 is 19.1 Å². The van der Waals surface area contributed by atoms with Crippen molar-refractivity contribution < 1.29 is 37.0 Å². The fraction of sp³-hybridized carbons (Fsp3) is 0.381. The lowest BCUT2D eigenvalue weighted by molar-refractivity contribution is -0.147. The first kappa shape index (κ1) is 21.0. The molecule has 10 heteroatoms. The molecule has 31 heavy (non-hydrogen) atoms. The van der Waals surface area contributed by atoms with Crippen molar-refractivity contribution in [2.24, 2.45) is 5.92 Å². The van der Waals surface area contributed by atoms with Crippen molar-refractivity contribution in [2.75, 3.05) is 31.4 Å². The molecule has 1 atom stereocenters. The third-order valence-electron chi connectivity index (χ3n) is 5.19. The van der Waals surface area contributed by atoms with Crippen molar-refractivity contribution in [1.82, 2.24) is 4.98 Å². The molecule has 0 bridgehead atoms. The smallest absolute Gasteiger partial charge is 0.419 e. The molecule has 4 rings (SSSR count). The Morgan fingerprint density at radius 1 is 1.19 bits per heavy atom. The van der Waals surface area contributed by atoms with Crippen LogP contribution < -0.4 is 14.4 Å². The molecule has 1 aromatic carbocycles. The molecule has 7 nitrogen and oxygen atoms in total. The molecule has 1 saturated heterocycles. The van der Waals surface area contributed by atoms with Crippen LogP contribution in [-0.4, -0.2) is 43.2 Å². The molecule has 164 valence electrons. The molecule has 2 aliphatic rings. The minimum absolute atomic E-state index is 0.0388. The predicted octanol–water partition coefficient (Wildman–Crippen LogP) is 3.47. The molecule has 2 aliphatic heterocycles. The van der Waals surface area contributed by atoms with Crippen molar-refractivity contribution in [1.29, 1.82) is 0 Å². The summed E-state index contributed by atoms with van der Waals surface area (Å²) < 4.78 is 55.5. The number of carbonyl (C=O) groups excluding carboxylic acids is 2. The highest BCUT2D eigenvalue weighted by Gasteiger charge is 2.37. The summed E-state index contributed by atoms with van der Waals surface area (Å²) in [5.41, 5.74) is -0.535. The Morgan fingerprint density at radius 3 is 2.81 bits per heavy atom. The van der Waals surface area contributed by atoms with E-state index in [4.69, 9.17) is 14.2 Å². The summed E-state index contributed by atoms with van der Waals surface area (Å²) in [6.07, 6.45) is -2.30.